The minimum absolute atomic E-state index is 0.0804. The van der Waals surface area contributed by atoms with Gasteiger partial charge >= 0.3 is 18.2 Å². The molecule has 39 heavy (non-hydrogen) atoms. The maximum atomic E-state index is 12.7. The smallest absolute Gasteiger partial charge is 0.490 e. The van der Waals surface area contributed by atoms with Crippen LogP contribution in [0.25, 0.3) is 0 Å². The fourth-order valence-electron chi connectivity index (χ4n) is 5.57. The van der Waals surface area contributed by atoms with Crippen molar-refractivity contribution in [1.29, 1.82) is 0 Å². The summed E-state index contributed by atoms with van der Waals surface area (Å²) in [5.41, 5.74) is 4.62. The molecule has 11 heteroatoms. The molecule has 0 spiro atoms. The number of methoxy groups -OCH3 is 2. The third-order valence-electron chi connectivity index (χ3n) is 7.83. The van der Waals surface area contributed by atoms with Crippen LogP contribution in [0, 0.1) is 13.8 Å². The average molecular weight is 552 g/mol. The number of benzene rings is 2. The lowest BCUT2D eigenvalue weighted by molar-refractivity contribution is -0.192. The van der Waals surface area contributed by atoms with Crippen LogP contribution >= 0.6 is 0 Å². The van der Waals surface area contributed by atoms with Crippen molar-refractivity contribution >= 4 is 17.7 Å². The summed E-state index contributed by atoms with van der Waals surface area (Å²) in [6.07, 6.45) is -1.04. The summed E-state index contributed by atoms with van der Waals surface area (Å²) in [4.78, 5) is 24.0. The first kappa shape index (κ1) is 30.1. The first-order valence-corrected chi connectivity index (χ1v) is 12.7. The van der Waals surface area contributed by atoms with Crippen molar-refractivity contribution in [3.05, 3.63) is 53.1 Å². The Bertz CT molecular complexity index is 1190. The molecule has 2 aromatic carbocycles. The summed E-state index contributed by atoms with van der Waals surface area (Å²) < 4.78 is 42.8. The Hall–Kier alpha value is -3.47. The Kier molecular flexibility index (Phi) is 9.37. The summed E-state index contributed by atoms with van der Waals surface area (Å²) in [5, 5.41) is 13.4. The summed E-state index contributed by atoms with van der Waals surface area (Å²) in [5.74, 6) is -1.22. The van der Waals surface area contributed by atoms with Gasteiger partial charge in [0.15, 0.2) is 11.5 Å². The predicted octanol–water partition coefficient (Wildman–Crippen LogP) is 5.27. The molecule has 3 atom stereocenters. The van der Waals surface area contributed by atoms with Crippen LogP contribution in [0.1, 0.15) is 42.4 Å². The number of likely N-dealkylation sites (N-methyl/N-ethyl adjacent to an activating group) is 1. The molecule has 2 amide bonds. The fourth-order valence-corrected chi connectivity index (χ4v) is 5.57. The fraction of sp³-hybridized carbons (Fsp3) is 0.500. The van der Waals surface area contributed by atoms with E-state index in [2.05, 4.69) is 48.6 Å². The molecule has 2 aliphatic rings. The minimum Gasteiger partial charge on any atom is -0.493 e. The van der Waals surface area contributed by atoms with Crippen LogP contribution in [0.4, 0.5) is 23.7 Å². The summed E-state index contributed by atoms with van der Waals surface area (Å²) in [6.45, 7) is 5.19. The predicted molar refractivity (Wildman–Crippen MR) is 142 cm³/mol. The summed E-state index contributed by atoms with van der Waals surface area (Å²) in [7, 11) is 5.55. The van der Waals surface area contributed by atoms with Gasteiger partial charge in [0.1, 0.15) is 0 Å². The van der Waals surface area contributed by atoms with E-state index in [-0.39, 0.29) is 17.5 Å². The van der Waals surface area contributed by atoms with E-state index in [1.807, 2.05) is 24.3 Å². The lowest BCUT2D eigenvalue weighted by atomic mass is 9.65. The van der Waals surface area contributed by atoms with Crippen LogP contribution in [-0.4, -0.2) is 68.1 Å². The van der Waals surface area contributed by atoms with Gasteiger partial charge in [0.25, 0.3) is 0 Å². The summed E-state index contributed by atoms with van der Waals surface area (Å²) in [6, 6.07) is 12.8. The maximum Gasteiger partial charge on any atom is 0.490 e. The summed E-state index contributed by atoms with van der Waals surface area (Å²) >= 11 is 0. The van der Waals surface area contributed by atoms with Crippen molar-refractivity contribution in [3.8, 4) is 11.5 Å². The number of rotatable bonds is 5. The number of nitrogens with one attached hydrogen (secondary N) is 2. The van der Waals surface area contributed by atoms with Crippen molar-refractivity contribution in [1.82, 2.24) is 10.2 Å². The standard InChI is InChI=1S/C26H35N3O3.C2HF3O2/c1-17-6-8-20(14-18(17)2)27-25(30)28-21-10-11-26(12-13-29(3)24(26)16-21)19-7-9-22(31-4)23(15-19)32-5;3-2(4,5)1(6)7/h6-9,14-15,21,24H,10-13,16H2,1-5H3,(H2,27,28,30);(H,6,7)/t21-,24+,26+;/m1./s1. The van der Waals surface area contributed by atoms with E-state index in [4.69, 9.17) is 19.4 Å². The van der Waals surface area contributed by atoms with Crippen molar-refractivity contribution in [2.75, 3.05) is 33.1 Å². The van der Waals surface area contributed by atoms with Gasteiger partial charge in [-0.3, -0.25) is 0 Å². The molecule has 4 rings (SSSR count). The second-order valence-corrected chi connectivity index (χ2v) is 10.1. The second-order valence-electron chi connectivity index (χ2n) is 10.1. The van der Waals surface area contributed by atoms with Crippen molar-refractivity contribution in [3.63, 3.8) is 0 Å². The van der Waals surface area contributed by atoms with Gasteiger partial charge in [-0.25, -0.2) is 9.59 Å². The van der Waals surface area contributed by atoms with Gasteiger partial charge in [-0.05, 0) is 94.1 Å². The van der Waals surface area contributed by atoms with E-state index >= 15 is 0 Å². The molecule has 1 aliphatic carbocycles. The lowest BCUT2D eigenvalue weighted by Crippen LogP contribution is -2.52. The normalized spacial score (nSPS) is 22.7. The number of carboxylic acid groups (broad SMARTS) is 1. The Morgan fingerprint density at radius 3 is 2.28 bits per heavy atom. The number of carbonyl (C=O) groups is 2. The van der Waals surface area contributed by atoms with Gasteiger partial charge < -0.3 is 30.1 Å². The molecular formula is C28H36F3N3O5. The Morgan fingerprint density at radius 2 is 1.69 bits per heavy atom. The first-order valence-electron chi connectivity index (χ1n) is 12.7. The minimum atomic E-state index is -5.08. The number of carboxylic acids is 1. The quantitative estimate of drug-likeness (QED) is 0.468. The highest BCUT2D eigenvalue weighted by Gasteiger charge is 2.50. The SMILES string of the molecule is COc1ccc([C@@]23CC[C@@H](NC(=O)Nc4ccc(C)c(C)c4)C[C@@H]2N(C)CC3)cc1OC.O=C(O)C(F)(F)F. The van der Waals surface area contributed by atoms with Gasteiger partial charge in [-0.2, -0.15) is 13.2 Å². The number of carbonyl (C=O) groups excluding carboxylic acids is 1. The number of aliphatic carboxylic acids is 1. The molecule has 1 aliphatic heterocycles. The third kappa shape index (κ3) is 6.95. The van der Waals surface area contributed by atoms with Gasteiger partial charge in [0, 0.05) is 23.2 Å². The van der Waals surface area contributed by atoms with E-state index in [9.17, 15) is 18.0 Å². The van der Waals surface area contributed by atoms with E-state index in [1.54, 1.807) is 14.2 Å². The van der Waals surface area contributed by atoms with Gasteiger partial charge in [0.05, 0.1) is 14.2 Å². The van der Waals surface area contributed by atoms with Crippen LogP contribution in [0.3, 0.4) is 0 Å². The number of anilines is 1. The first-order chi connectivity index (χ1) is 18.3. The average Bonchev–Trinajstić information content (AvgIpc) is 3.22. The second kappa shape index (κ2) is 12.1. The number of alkyl halides is 3. The van der Waals surface area contributed by atoms with E-state index in [1.165, 1.54) is 16.7 Å². The highest BCUT2D eigenvalue weighted by molar-refractivity contribution is 5.89. The molecule has 1 heterocycles. The molecule has 0 radical (unpaired) electrons. The molecule has 1 saturated heterocycles. The highest BCUT2D eigenvalue weighted by Crippen LogP contribution is 2.49. The van der Waals surface area contributed by atoms with Crippen LogP contribution < -0.4 is 20.1 Å². The highest BCUT2D eigenvalue weighted by atomic mass is 19.4. The number of aryl methyl sites for hydroxylation is 2. The van der Waals surface area contributed by atoms with Gasteiger partial charge in [-0.1, -0.05) is 12.1 Å². The number of urea groups is 1. The maximum absolute atomic E-state index is 12.7. The van der Waals surface area contributed by atoms with Crippen molar-refractivity contribution in [2.45, 2.75) is 63.2 Å². The topological polar surface area (TPSA) is 100 Å². The van der Waals surface area contributed by atoms with Gasteiger partial charge in [0.2, 0.25) is 0 Å². The van der Waals surface area contributed by atoms with E-state index in [0.29, 0.717) is 6.04 Å². The van der Waals surface area contributed by atoms with Crippen LogP contribution in [0.15, 0.2) is 36.4 Å². The van der Waals surface area contributed by atoms with E-state index < -0.39 is 12.1 Å². The Morgan fingerprint density at radius 1 is 1.03 bits per heavy atom. The number of hydrogen-bond acceptors (Lipinski definition) is 5. The van der Waals surface area contributed by atoms with Crippen molar-refractivity contribution in [2.24, 2.45) is 0 Å². The number of ether oxygens (including phenoxy) is 2. The molecule has 3 N–H and O–H groups in total. The van der Waals surface area contributed by atoms with Crippen LogP contribution in [0.5, 0.6) is 11.5 Å². The van der Waals surface area contributed by atoms with Crippen LogP contribution in [0.2, 0.25) is 0 Å². The molecular weight excluding hydrogens is 515 g/mol. The molecule has 2 aromatic rings. The molecule has 214 valence electrons. The Balaban J connectivity index is 0.000000532. The van der Waals surface area contributed by atoms with Crippen LogP contribution in [-0.2, 0) is 10.2 Å². The molecule has 0 aromatic heterocycles. The third-order valence-corrected chi connectivity index (χ3v) is 7.83. The molecule has 1 saturated carbocycles. The monoisotopic (exact) mass is 551 g/mol. The number of fused-ring (bicyclic) bond motifs is 1. The number of hydrogen-bond donors (Lipinski definition) is 3. The molecule has 0 unspecified atom stereocenters. The Labute approximate surface area is 226 Å². The number of halogens is 3. The number of likely N-dealkylation sites (tertiary alicyclic amines) is 1. The molecule has 8 nitrogen and oxygen atoms in total. The number of nitrogens with zero attached hydrogens (tertiary/aromatic N) is 1. The molecule has 2 fully saturated rings. The zero-order valence-corrected chi connectivity index (χ0v) is 22.8. The van der Waals surface area contributed by atoms with E-state index in [0.717, 1.165) is 49.4 Å². The lowest BCUT2D eigenvalue weighted by Gasteiger charge is -2.45. The van der Waals surface area contributed by atoms with Gasteiger partial charge in [-0.15, -0.1) is 0 Å². The largest absolute Gasteiger partial charge is 0.493 e. The van der Waals surface area contributed by atoms with Crippen molar-refractivity contribution < 1.29 is 37.3 Å². The zero-order chi connectivity index (χ0) is 29.0. The molecule has 0 bridgehead atoms. The zero-order valence-electron chi connectivity index (χ0n) is 22.8. The number of amides is 2.